The van der Waals surface area contributed by atoms with Gasteiger partial charge in [0.25, 0.3) is 5.91 Å². The molecule has 0 unspecified atom stereocenters. The van der Waals surface area contributed by atoms with Crippen molar-refractivity contribution in [2.24, 2.45) is 0 Å². The lowest BCUT2D eigenvalue weighted by molar-refractivity contribution is 0.0801. The van der Waals surface area contributed by atoms with Crippen LogP contribution in [0.3, 0.4) is 0 Å². The first-order valence-corrected chi connectivity index (χ1v) is 9.15. The molecule has 5 rings (SSSR count). The number of carbonyl (C=O) groups is 1. The number of morpholine rings is 1. The molecule has 9 heteroatoms. The third-order valence-corrected chi connectivity index (χ3v) is 5.33. The van der Waals surface area contributed by atoms with Gasteiger partial charge in [-0.25, -0.2) is 4.98 Å². The molecule has 0 aromatic carbocycles. The Morgan fingerprint density at radius 2 is 2.22 bits per heavy atom. The van der Waals surface area contributed by atoms with Crippen molar-refractivity contribution >= 4 is 22.8 Å². The molecular formula is C18H21N7O2. The number of anilines is 1. The standard InChI is InChI=1S/C18H21N7O2/c1-11-10-27-8-7-24(11)15-9-12-16-13(4-6-23(2)18(12)26)22-25(17(16)20-15)14-3-5-19-21-14/h3,5,9,11H,4,6-8,10H2,1-2H3,(H,19,21)/t11-/m1/s1. The van der Waals surface area contributed by atoms with Gasteiger partial charge in [0.15, 0.2) is 11.5 Å². The molecule has 27 heavy (non-hydrogen) atoms. The summed E-state index contributed by atoms with van der Waals surface area (Å²) in [6, 6.07) is 3.95. The van der Waals surface area contributed by atoms with Gasteiger partial charge in [0.1, 0.15) is 5.82 Å². The molecule has 1 fully saturated rings. The molecule has 1 atom stereocenters. The summed E-state index contributed by atoms with van der Waals surface area (Å²) >= 11 is 0. The highest BCUT2D eigenvalue weighted by molar-refractivity contribution is 6.08. The minimum Gasteiger partial charge on any atom is -0.377 e. The summed E-state index contributed by atoms with van der Waals surface area (Å²) < 4.78 is 7.32. The van der Waals surface area contributed by atoms with Crippen LogP contribution in [-0.4, -0.2) is 75.2 Å². The quantitative estimate of drug-likeness (QED) is 0.726. The SMILES string of the molecule is C[C@@H]1COCCN1c1cc2c3c(nn(-c4ccn[nH]4)c3n1)CCN(C)C2=O. The van der Waals surface area contributed by atoms with E-state index in [1.165, 1.54) is 0 Å². The van der Waals surface area contributed by atoms with Crippen LogP contribution in [0.25, 0.3) is 16.9 Å². The van der Waals surface area contributed by atoms with Crippen LogP contribution in [0.1, 0.15) is 23.0 Å². The maximum absolute atomic E-state index is 13.0. The number of likely N-dealkylation sites (N-methyl/N-ethyl adjacent to an activating group) is 1. The highest BCUT2D eigenvalue weighted by atomic mass is 16.5. The minimum absolute atomic E-state index is 0.00692. The van der Waals surface area contributed by atoms with E-state index in [1.54, 1.807) is 15.8 Å². The Kier molecular flexibility index (Phi) is 3.64. The van der Waals surface area contributed by atoms with Crippen molar-refractivity contribution in [3.05, 3.63) is 29.6 Å². The minimum atomic E-state index is 0.00692. The zero-order valence-electron chi connectivity index (χ0n) is 15.3. The molecule has 1 saturated heterocycles. The van der Waals surface area contributed by atoms with E-state index in [4.69, 9.17) is 14.8 Å². The number of ether oxygens (including phenoxy) is 1. The van der Waals surface area contributed by atoms with Gasteiger partial charge in [-0.1, -0.05) is 0 Å². The van der Waals surface area contributed by atoms with Gasteiger partial charge in [-0.3, -0.25) is 9.89 Å². The number of pyridine rings is 1. The molecule has 9 nitrogen and oxygen atoms in total. The number of aromatic nitrogens is 5. The second-order valence-electron chi connectivity index (χ2n) is 7.12. The van der Waals surface area contributed by atoms with Crippen molar-refractivity contribution in [1.29, 1.82) is 0 Å². The zero-order chi connectivity index (χ0) is 18.5. The van der Waals surface area contributed by atoms with Gasteiger partial charge in [-0.05, 0) is 13.0 Å². The van der Waals surface area contributed by atoms with E-state index in [0.29, 0.717) is 37.4 Å². The Bertz CT molecular complexity index is 1010. The van der Waals surface area contributed by atoms with Gasteiger partial charge < -0.3 is 14.5 Å². The Morgan fingerprint density at radius 3 is 3.00 bits per heavy atom. The van der Waals surface area contributed by atoms with Gasteiger partial charge in [0.05, 0.1) is 42.1 Å². The summed E-state index contributed by atoms with van der Waals surface area (Å²) in [4.78, 5) is 21.9. The molecule has 5 heterocycles. The first-order chi connectivity index (χ1) is 13.1. The van der Waals surface area contributed by atoms with Crippen molar-refractivity contribution in [3.8, 4) is 5.82 Å². The fourth-order valence-corrected chi connectivity index (χ4v) is 3.85. The Balaban J connectivity index is 1.77. The van der Waals surface area contributed by atoms with E-state index in [0.717, 1.165) is 29.3 Å². The van der Waals surface area contributed by atoms with Crippen LogP contribution in [0.4, 0.5) is 5.82 Å². The molecule has 2 aliphatic heterocycles. The third kappa shape index (κ3) is 2.49. The van der Waals surface area contributed by atoms with E-state index in [1.807, 2.05) is 19.2 Å². The molecular weight excluding hydrogens is 346 g/mol. The predicted molar refractivity (Wildman–Crippen MR) is 99.3 cm³/mol. The number of nitrogens with one attached hydrogen (secondary N) is 1. The lowest BCUT2D eigenvalue weighted by Gasteiger charge is -2.34. The van der Waals surface area contributed by atoms with Crippen LogP contribution in [0, 0.1) is 0 Å². The molecule has 0 saturated carbocycles. The van der Waals surface area contributed by atoms with Crippen LogP contribution in [0.5, 0.6) is 0 Å². The van der Waals surface area contributed by atoms with Crippen LogP contribution in [0.15, 0.2) is 18.3 Å². The van der Waals surface area contributed by atoms with Gasteiger partial charge in [0.2, 0.25) is 0 Å². The number of carbonyl (C=O) groups excluding carboxylic acids is 1. The molecule has 0 aliphatic carbocycles. The molecule has 2 aliphatic rings. The van der Waals surface area contributed by atoms with Gasteiger partial charge >= 0.3 is 0 Å². The van der Waals surface area contributed by atoms with Crippen LogP contribution >= 0.6 is 0 Å². The van der Waals surface area contributed by atoms with Crippen molar-refractivity contribution in [1.82, 2.24) is 29.9 Å². The molecule has 1 N–H and O–H groups in total. The predicted octanol–water partition coefficient (Wildman–Crippen LogP) is 0.997. The highest BCUT2D eigenvalue weighted by Gasteiger charge is 2.29. The molecule has 0 spiro atoms. The van der Waals surface area contributed by atoms with E-state index in [2.05, 4.69) is 22.0 Å². The molecule has 3 aromatic heterocycles. The summed E-state index contributed by atoms with van der Waals surface area (Å²) in [5, 5.41) is 12.6. The summed E-state index contributed by atoms with van der Waals surface area (Å²) in [6.07, 6.45) is 2.38. The second kappa shape index (κ2) is 6.05. The number of hydrogen-bond acceptors (Lipinski definition) is 6. The number of rotatable bonds is 2. The van der Waals surface area contributed by atoms with E-state index in [-0.39, 0.29) is 11.9 Å². The number of H-pyrrole nitrogens is 1. The highest BCUT2D eigenvalue weighted by Crippen LogP contribution is 2.31. The topological polar surface area (TPSA) is 92.2 Å². The molecule has 3 aromatic rings. The largest absolute Gasteiger partial charge is 0.377 e. The van der Waals surface area contributed by atoms with Crippen LogP contribution in [0.2, 0.25) is 0 Å². The fourth-order valence-electron chi connectivity index (χ4n) is 3.85. The number of hydrogen-bond donors (Lipinski definition) is 1. The first kappa shape index (κ1) is 16.2. The summed E-state index contributed by atoms with van der Waals surface area (Å²) in [5.41, 5.74) is 2.24. The third-order valence-electron chi connectivity index (χ3n) is 5.33. The fraction of sp³-hybridized carbons (Fsp3) is 0.444. The Hall–Kier alpha value is -2.94. The molecule has 140 valence electrons. The first-order valence-electron chi connectivity index (χ1n) is 9.15. The van der Waals surface area contributed by atoms with Gasteiger partial charge in [-0.15, -0.1) is 0 Å². The van der Waals surface area contributed by atoms with E-state index >= 15 is 0 Å². The summed E-state index contributed by atoms with van der Waals surface area (Å²) in [6.45, 7) is 4.78. The maximum atomic E-state index is 13.0. The molecule has 0 bridgehead atoms. The van der Waals surface area contributed by atoms with Crippen molar-refractivity contribution in [2.45, 2.75) is 19.4 Å². The number of amides is 1. The monoisotopic (exact) mass is 367 g/mol. The van der Waals surface area contributed by atoms with Crippen LogP contribution in [-0.2, 0) is 11.2 Å². The van der Waals surface area contributed by atoms with Crippen molar-refractivity contribution in [3.63, 3.8) is 0 Å². The smallest absolute Gasteiger partial charge is 0.254 e. The average molecular weight is 367 g/mol. The molecule has 1 amide bonds. The lowest BCUT2D eigenvalue weighted by atomic mass is 10.1. The number of aromatic amines is 1. The lowest BCUT2D eigenvalue weighted by Crippen LogP contribution is -2.44. The van der Waals surface area contributed by atoms with E-state index < -0.39 is 0 Å². The number of nitrogens with zero attached hydrogens (tertiary/aromatic N) is 6. The summed E-state index contributed by atoms with van der Waals surface area (Å²) in [7, 11) is 1.83. The van der Waals surface area contributed by atoms with Crippen LogP contribution < -0.4 is 4.90 Å². The van der Waals surface area contributed by atoms with Gasteiger partial charge in [-0.2, -0.15) is 14.9 Å². The maximum Gasteiger partial charge on any atom is 0.254 e. The summed E-state index contributed by atoms with van der Waals surface area (Å²) in [5.74, 6) is 1.52. The van der Waals surface area contributed by atoms with Crippen molar-refractivity contribution in [2.75, 3.05) is 38.3 Å². The molecule has 0 radical (unpaired) electrons. The zero-order valence-corrected chi connectivity index (χ0v) is 15.3. The second-order valence-corrected chi connectivity index (χ2v) is 7.12. The Morgan fingerprint density at radius 1 is 1.33 bits per heavy atom. The normalized spacial score (nSPS) is 20.4. The Labute approximate surface area is 155 Å². The van der Waals surface area contributed by atoms with Crippen molar-refractivity contribution < 1.29 is 9.53 Å². The van der Waals surface area contributed by atoms with E-state index in [9.17, 15) is 4.79 Å². The van der Waals surface area contributed by atoms with Gasteiger partial charge in [0, 0.05) is 32.6 Å². The average Bonchev–Trinajstić information content (AvgIpc) is 3.30.